The molecule has 128 valence electrons. The van der Waals surface area contributed by atoms with Gasteiger partial charge in [0, 0.05) is 26.2 Å². The topological polar surface area (TPSA) is 114 Å². The van der Waals surface area contributed by atoms with Gasteiger partial charge in [0.25, 0.3) is 0 Å². The van der Waals surface area contributed by atoms with Gasteiger partial charge in [-0.1, -0.05) is 0 Å². The van der Waals surface area contributed by atoms with Crippen molar-refractivity contribution in [3.8, 4) is 5.75 Å². The van der Waals surface area contributed by atoms with Gasteiger partial charge in [-0.3, -0.25) is 0 Å². The Kier molecular flexibility index (Phi) is 5.45. The van der Waals surface area contributed by atoms with E-state index >= 15 is 0 Å². The van der Waals surface area contributed by atoms with Crippen LogP contribution in [0.3, 0.4) is 0 Å². The van der Waals surface area contributed by atoms with Crippen LogP contribution in [0.1, 0.15) is 12.5 Å². The standard InChI is InChI=1S/C14H23N5O3S/c1-3-22-13-5-4-11(10-12(13)14(15)17-16)23(20,21)19-8-6-18(2)7-9-19/h4-5,10H,3,6-9,16H2,1-2H3,(H2,15,17). The van der Waals surface area contributed by atoms with Crippen LogP contribution >= 0.6 is 0 Å². The molecule has 0 aliphatic carbocycles. The molecule has 1 aliphatic rings. The second-order valence-corrected chi connectivity index (χ2v) is 7.25. The average molecular weight is 341 g/mol. The second kappa shape index (κ2) is 7.16. The lowest BCUT2D eigenvalue weighted by molar-refractivity contribution is 0.222. The van der Waals surface area contributed by atoms with Crippen LogP contribution in [0, 0.1) is 0 Å². The van der Waals surface area contributed by atoms with Gasteiger partial charge in [0.15, 0.2) is 5.84 Å². The molecule has 1 saturated heterocycles. The lowest BCUT2D eigenvalue weighted by Crippen LogP contribution is -2.47. The minimum atomic E-state index is -3.58. The van der Waals surface area contributed by atoms with Crippen LogP contribution in [0.15, 0.2) is 28.2 Å². The normalized spacial score (nSPS) is 18.1. The summed E-state index contributed by atoms with van der Waals surface area (Å²) in [6.07, 6.45) is 0. The third-order valence-corrected chi connectivity index (χ3v) is 5.66. The highest BCUT2D eigenvalue weighted by molar-refractivity contribution is 7.89. The molecule has 0 radical (unpaired) electrons. The summed E-state index contributed by atoms with van der Waals surface area (Å²) < 4.78 is 32.5. The molecule has 23 heavy (non-hydrogen) atoms. The molecule has 1 aromatic rings. The number of hydrogen-bond acceptors (Lipinski definition) is 6. The summed E-state index contributed by atoms with van der Waals surface area (Å²) in [5.74, 6) is 5.71. The molecular weight excluding hydrogens is 318 g/mol. The number of rotatable bonds is 5. The molecule has 0 amide bonds. The number of nitrogens with two attached hydrogens (primary N) is 2. The zero-order valence-electron chi connectivity index (χ0n) is 13.4. The van der Waals surface area contributed by atoms with Crippen molar-refractivity contribution in [2.45, 2.75) is 11.8 Å². The van der Waals surface area contributed by atoms with Crippen molar-refractivity contribution >= 4 is 15.9 Å². The van der Waals surface area contributed by atoms with Gasteiger partial charge < -0.3 is 21.2 Å². The maximum Gasteiger partial charge on any atom is 0.243 e. The molecule has 1 aromatic carbocycles. The fourth-order valence-electron chi connectivity index (χ4n) is 2.40. The first-order valence-electron chi connectivity index (χ1n) is 7.39. The minimum Gasteiger partial charge on any atom is -0.493 e. The van der Waals surface area contributed by atoms with Crippen LogP contribution in [0.25, 0.3) is 0 Å². The summed E-state index contributed by atoms with van der Waals surface area (Å²) in [4.78, 5) is 2.25. The predicted octanol–water partition coefficient (Wildman–Crippen LogP) is -0.400. The highest BCUT2D eigenvalue weighted by atomic mass is 32.2. The molecule has 1 aliphatic heterocycles. The van der Waals surface area contributed by atoms with E-state index in [4.69, 9.17) is 16.3 Å². The van der Waals surface area contributed by atoms with Crippen molar-refractivity contribution < 1.29 is 13.2 Å². The Hall–Kier alpha value is -1.84. The maximum atomic E-state index is 12.8. The zero-order chi connectivity index (χ0) is 17.0. The Morgan fingerprint density at radius 3 is 2.52 bits per heavy atom. The molecule has 0 atom stereocenters. The van der Waals surface area contributed by atoms with Crippen molar-refractivity contribution in [3.05, 3.63) is 23.8 Å². The van der Waals surface area contributed by atoms with Crippen LogP contribution in [-0.4, -0.2) is 63.3 Å². The smallest absolute Gasteiger partial charge is 0.243 e. The number of nitrogens with zero attached hydrogens (tertiary/aromatic N) is 3. The van der Waals surface area contributed by atoms with Crippen molar-refractivity contribution in [2.24, 2.45) is 16.7 Å². The third kappa shape index (κ3) is 3.74. The zero-order valence-corrected chi connectivity index (χ0v) is 14.2. The lowest BCUT2D eigenvalue weighted by atomic mass is 10.2. The number of piperazine rings is 1. The van der Waals surface area contributed by atoms with Gasteiger partial charge in [-0.25, -0.2) is 8.42 Å². The van der Waals surface area contributed by atoms with Gasteiger partial charge in [0.2, 0.25) is 10.0 Å². The van der Waals surface area contributed by atoms with E-state index in [2.05, 4.69) is 10.0 Å². The van der Waals surface area contributed by atoms with E-state index in [0.717, 1.165) is 0 Å². The van der Waals surface area contributed by atoms with Gasteiger partial charge in [0.05, 0.1) is 17.1 Å². The summed E-state index contributed by atoms with van der Waals surface area (Å²) >= 11 is 0. The first-order valence-corrected chi connectivity index (χ1v) is 8.83. The van der Waals surface area contributed by atoms with E-state index in [9.17, 15) is 8.42 Å². The molecule has 9 heteroatoms. The fourth-order valence-corrected chi connectivity index (χ4v) is 3.85. The van der Waals surface area contributed by atoms with Crippen LogP contribution in [0.4, 0.5) is 0 Å². The summed E-state index contributed by atoms with van der Waals surface area (Å²) in [6.45, 7) is 4.58. The third-order valence-electron chi connectivity index (χ3n) is 3.77. The molecule has 0 bridgehead atoms. The number of benzene rings is 1. The van der Waals surface area contributed by atoms with E-state index in [0.29, 0.717) is 44.1 Å². The fraction of sp³-hybridized carbons (Fsp3) is 0.500. The van der Waals surface area contributed by atoms with E-state index < -0.39 is 10.0 Å². The van der Waals surface area contributed by atoms with Gasteiger partial charge in [-0.2, -0.15) is 9.41 Å². The summed E-state index contributed by atoms with van der Waals surface area (Å²) in [5, 5.41) is 3.45. The first kappa shape index (κ1) is 17.5. The molecule has 1 fully saturated rings. The quantitative estimate of drug-likeness (QED) is 0.326. The van der Waals surface area contributed by atoms with Crippen LogP contribution in [0.5, 0.6) is 5.75 Å². The van der Waals surface area contributed by atoms with Gasteiger partial charge >= 0.3 is 0 Å². The largest absolute Gasteiger partial charge is 0.493 e. The Morgan fingerprint density at radius 2 is 1.96 bits per heavy atom. The number of ether oxygens (including phenoxy) is 1. The van der Waals surface area contributed by atoms with E-state index in [-0.39, 0.29) is 10.7 Å². The predicted molar refractivity (Wildman–Crippen MR) is 88.8 cm³/mol. The summed E-state index contributed by atoms with van der Waals surface area (Å²) in [5.41, 5.74) is 6.14. The Morgan fingerprint density at radius 1 is 1.30 bits per heavy atom. The monoisotopic (exact) mass is 341 g/mol. The SMILES string of the molecule is CCOc1ccc(S(=O)(=O)N2CCN(C)CC2)cc1/C(N)=N/N. The van der Waals surface area contributed by atoms with Crippen molar-refractivity contribution in [2.75, 3.05) is 39.8 Å². The van der Waals surface area contributed by atoms with Crippen LogP contribution in [0.2, 0.25) is 0 Å². The van der Waals surface area contributed by atoms with E-state index in [1.165, 1.54) is 16.4 Å². The molecule has 4 N–H and O–H groups in total. The van der Waals surface area contributed by atoms with Gasteiger partial charge in [0.1, 0.15) is 5.75 Å². The molecule has 1 heterocycles. The molecule has 0 spiro atoms. The Balaban J connectivity index is 2.39. The number of hydrazone groups is 1. The average Bonchev–Trinajstić information content (AvgIpc) is 2.55. The number of sulfonamides is 1. The van der Waals surface area contributed by atoms with Crippen molar-refractivity contribution in [1.82, 2.24) is 9.21 Å². The molecule has 0 unspecified atom stereocenters. The van der Waals surface area contributed by atoms with Crippen molar-refractivity contribution in [3.63, 3.8) is 0 Å². The lowest BCUT2D eigenvalue weighted by Gasteiger charge is -2.31. The molecular formula is C14H23N5O3S. The van der Waals surface area contributed by atoms with Crippen LogP contribution < -0.4 is 16.3 Å². The second-order valence-electron chi connectivity index (χ2n) is 5.31. The number of likely N-dealkylation sites (N-methyl/N-ethyl adjacent to an activating group) is 1. The number of hydrogen-bond donors (Lipinski definition) is 2. The van der Waals surface area contributed by atoms with E-state index in [1.807, 2.05) is 14.0 Å². The van der Waals surface area contributed by atoms with Crippen molar-refractivity contribution in [1.29, 1.82) is 0 Å². The molecule has 0 aromatic heterocycles. The number of amidine groups is 1. The van der Waals surface area contributed by atoms with Gasteiger partial charge in [-0.05, 0) is 32.2 Å². The van der Waals surface area contributed by atoms with E-state index in [1.54, 1.807) is 6.07 Å². The summed E-state index contributed by atoms with van der Waals surface area (Å²) in [6, 6.07) is 4.57. The van der Waals surface area contributed by atoms with Gasteiger partial charge in [-0.15, -0.1) is 0 Å². The molecule has 2 rings (SSSR count). The molecule has 8 nitrogen and oxygen atoms in total. The minimum absolute atomic E-state index is 0.0314. The first-order chi connectivity index (χ1) is 10.9. The van der Waals surface area contributed by atoms with Crippen LogP contribution in [-0.2, 0) is 10.0 Å². The highest BCUT2D eigenvalue weighted by Gasteiger charge is 2.28. The Bertz CT molecular complexity index is 682. The highest BCUT2D eigenvalue weighted by Crippen LogP contribution is 2.25. The molecule has 0 saturated carbocycles. The maximum absolute atomic E-state index is 12.8. The Labute approximate surface area is 136 Å². The summed E-state index contributed by atoms with van der Waals surface area (Å²) in [7, 11) is -1.61.